The second-order valence-corrected chi connectivity index (χ2v) is 7.06. The van der Waals surface area contributed by atoms with E-state index in [1.165, 1.54) is 11.0 Å². The Morgan fingerprint density at radius 3 is 2.68 bits per heavy atom. The number of nitrogens with two attached hydrogens (primary N) is 1. The molecule has 1 aromatic carbocycles. The molecule has 4 rings (SSSR count). The SMILES string of the molecule is NC(=O)[C@H]1CN(c2ccc(C3[C@H]4CSC[C@@H]34)c(F)c2)C(=O)O1. The van der Waals surface area contributed by atoms with Crippen LogP contribution in [0.25, 0.3) is 0 Å². The number of thioether (sulfide) groups is 1. The molecule has 2 saturated heterocycles. The number of rotatable bonds is 3. The lowest BCUT2D eigenvalue weighted by Crippen LogP contribution is -2.32. The number of anilines is 1. The second-order valence-electron chi connectivity index (χ2n) is 5.98. The van der Waals surface area contributed by atoms with Crippen molar-refractivity contribution in [3.8, 4) is 0 Å². The van der Waals surface area contributed by atoms with Crippen LogP contribution >= 0.6 is 11.8 Å². The predicted octanol–water partition coefficient (Wildman–Crippen LogP) is 1.71. The third-order valence-electron chi connectivity index (χ3n) is 4.74. The summed E-state index contributed by atoms with van der Waals surface area (Å²) in [5.74, 6) is 2.74. The molecule has 0 bridgehead atoms. The first kappa shape index (κ1) is 13.9. The molecule has 7 heteroatoms. The van der Waals surface area contributed by atoms with Crippen LogP contribution in [0.4, 0.5) is 14.9 Å². The number of cyclic esters (lactones) is 1. The number of fused-ring (bicyclic) bond motifs is 1. The molecule has 2 amide bonds. The molecule has 2 aliphatic heterocycles. The van der Waals surface area contributed by atoms with E-state index in [9.17, 15) is 14.0 Å². The quantitative estimate of drug-likeness (QED) is 0.919. The first-order valence-electron chi connectivity index (χ1n) is 7.21. The van der Waals surface area contributed by atoms with Crippen molar-refractivity contribution in [1.82, 2.24) is 0 Å². The van der Waals surface area contributed by atoms with Crippen LogP contribution in [0.15, 0.2) is 18.2 Å². The number of carbonyl (C=O) groups is 2. The maximum absolute atomic E-state index is 14.4. The molecule has 1 unspecified atom stereocenters. The number of primary amides is 1. The van der Waals surface area contributed by atoms with Gasteiger partial charge in [-0.15, -0.1) is 0 Å². The van der Waals surface area contributed by atoms with Crippen molar-refractivity contribution < 1.29 is 18.7 Å². The van der Waals surface area contributed by atoms with E-state index in [2.05, 4.69) is 0 Å². The topological polar surface area (TPSA) is 72.6 Å². The number of nitrogens with zero attached hydrogens (tertiary/aromatic N) is 1. The molecule has 1 saturated carbocycles. The van der Waals surface area contributed by atoms with Gasteiger partial charge in [-0.05, 0) is 47.0 Å². The molecule has 3 fully saturated rings. The average Bonchev–Trinajstić information content (AvgIpc) is 2.86. The van der Waals surface area contributed by atoms with Crippen LogP contribution in [0.5, 0.6) is 0 Å². The van der Waals surface area contributed by atoms with Crippen molar-refractivity contribution in [3.05, 3.63) is 29.6 Å². The second kappa shape index (κ2) is 4.87. The van der Waals surface area contributed by atoms with Crippen LogP contribution in [-0.2, 0) is 9.53 Å². The zero-order valence-electron chi connectivity index (χ0n) is 11.7. The molecule has 1 aromatic rings. The molecule has 0 radical (unpaired) electrons. The molecule has 116 valence electrons. The van der Waals surface area contributed by atoms with Gasteiger partial charge in [-0.1, -0.05) is 6.07 Å². The van der Waals surface area contributed by atoms with Crippen molar-refractivity contribution in [3.63, 3.8) is 0 Å². The van der Waals surface area contributed by atoms with Crippen LogP contribution in [0, 0.1) is 17.7 Å². The van der Waals surface area contributed by atoms with Crippen LogP contribution in [0.1, 0.15) is 11.5 Å². The minimum atomic E-state index is -0.977. The molecule has 22 heavy (non-hydrogen) atoms. The van der Waals surface area contributed by atoms with Gasteiger partial charge >= 0.3 is 6.09 Å². The zero-order chi connectivity index (χ0) is 15.4. The Bertz CT molecular complexity index is 658. The molecule has 5 nitrogen and oxygen atoms in total. The molecule has 0 spiro atoms. The summed E-state index contributed by atoms with van der Waals surface area (Å²) in [6.07, 6.45) is -1.65. The van der Waals surface area contributed by atoms with E-state index in [4.69, 9.17) is 10.5 Å². The Balaban J connectivity index is 1.55. The monoisotopic (exact) mass is 322 g/mol. The summed E-state index contributed by atoms with van der Waals surface area (Å²) in [5.41, 5.74) is 6.27. The number of benzene rings is 1. The van der Waals surface area contributed by atoms with Gasteiger partial charge in [0.2, 0.25) is 0 Å². The molecule has 0 aromatic heterocycles. The number of amides is 2. The van der Waals surface area contributed by atoms with Crippen molar-refractivity contribution in [2.75, 3.05) is 23.0 Å². The predicted molar refractivity (Wildman–Crippen MR) is 80.3 cm³/mol. The number of hydrogen-bond donors (Lipinski definition) is 1. The van der Waals surface area contributed by atoms with E-state index in [1.54, 1.807) is 12.1 Å². The fourth-order valence-corrected chi connectivity index (χ4v) is 5.07. The van der Waals surface area contributed by atoms with Crippen molar-refractivity contribution in [1.29, 1.82) is 0 Å². The Labute approximate surface area is 131 Å². The lowest BCUT2D eigenvalue weighted by molar-refractivity contribution is -0.124. The van der Waals surface area contributed by atoms with Crippen molar-refractivity contribution in [2.45, 2.75) is 12.0 Å². The number of hydrogen-bond acceptors (Lipinski definition) is 4. The highest BCUT2D eigenvalue weighted by Crippen LogP contribution is 2.61. The fraction of sp³-hybridized carbons (Fsp3) is 0.467. The summed E-state index contributed by atoms with van der Waals surface area (Å²) in [6, 6.07) is 4.81. The summed E-state index contributed by atoms with van der Waals surface area (Å²) in [7, 11) is 0. The summed E-state index contributed by atoms with van der Waals surface area (Å²) in [5, 5.41) is 0. The minimum absolute atomic E-state index is 0.0261. The van der Waals surface area contributed by atoms with Gasteiger partial charge in [0.25, 0.3) is 5.91 Å². The Kier molecular flexibility index (Phi) is 3.07. The molecule has 1 aliphatic carbocycles. The zero-order valence-corrected chi connectivity index (χ0v) is 12.5. The Morgan fingerprint density at radius 2 is 2.09 bits per heavy atom. The van der Waals surface area contributed by atoms with Crippen LogP contribution in [-0.4, -0.2) is 36.2 Å². The number of halogens is 1. The fourth-order valence-electron chi connectivity index (χ4n) is 3.48. The van der Waals surface area contributed by atoms with Crippen LogP contribution < -0.4 is 10.6 Å². The summed E-state index contributed by atoms with van der Waals surface area (Å²) < 4.78 is 19.3. The van der Waals surface area contributed by atoms with Gasteiger partial charge in [-0.25, -0.2) is 9.18 Å². The molecular weight excluding hydrogens is 307 g/mol. The lowest BCUT2D eigenvalue weighted by atomic mass is 10.1. The third kappa shape index (κ3) is 2.06. The standard InChI is InChI=1S/C15H15FN2O3S/c16-11-3-7(18-4-12(14(17)19)21-15(18)20)1-2-8(11)13-9-5-22-6-10(9)13/h1-3,9-10,12-13H,4-6H2,(H2,17,19)/t9-,10+,12-,13?/m1/s1. The molecule has 3 aliphatic rings. The molecule has 2 N–H and O–H groups in total. The van der Waals surface area contributed by atoms with E-state index in [0.717, 1.165) is 17.1 Å². The minimum Gasteiger partial charge on any atom is -0.434 e. The Morgan fingerprint density at radius 1 is 1.36 bits per heavy atom. The average molecular weight is 322 g/mol. The first-order valence-corrected chi connectivity index (χ1v) is 8.36. The van der Waals surface area contributed by atoms with E-state index >= 15 is 0 Å². The maximum Gasteiger partial charge on any atom is 0.415 e. The van der Waals surface area contributed by atoms with E-state index < -0.39 is 18.1 Å². The maximum atomic E-state index is 14.4. The summed E-state index contributed by atoms with van der Waals surface area (Å²) in [6.45, 7) is 0.0261. The van der Waals surface area contributed by atoms with Gasteiger partial charge in [0, 0.05) is 0 Å². The molecule has 4 atom stereocenters. The lowest BCUT2D eigenvalue weighted by Gasteiger charge is -2.14. The van der Waals surface area contributed by atoms with Gasteiger partial charge in [-0.3, -0.25) is 9.69 Å². The smallest absolute Gasteiger partial charge is 0.415 e. The largest absolute Gasteiger partial charge is 0.434 e. The number of carbonyl (C=O) groups excluding carboxylic acids is 2. The van der Waals surface area contributed by atoms with E-state index in [-0.39, 0.29) is 12.4 Å². The number of ether oxygens (including phenoxy) is 1. The van der Waals surface area contributed by atoms with E-state index in [0.29, 0.717) is 23.4 Å². The molecular formula is C15H15FN2O3S. The van der Waals surface area contributed by atoms with E-state index in [1.807, 2.05) is 11.8 Å². The summed E-state index contributed by atoms with van der Waals surface area (Å²) >= 11 is 1.93. The first-order chi connectivity index (χ1) is 10.6. The van der Waals surface area contributed by atoms with Crippen molar-refractivity contribution >= 4 is 29.4 Å². The molecule has 2 heterocycles. The van der Waals surface area contributed by atoms with Crippen LogP contribution in [0.2, 0.25) is 0 Å². The van der Waals surface area contributed by atoms with Gasteiger partial charge in [0.05, 0.1) is 12.2 Å². The highest BCUT2D eigenvalue weighted by Gasteiger charge is 2.54. The highest BCUT2D eigenvalue weighted by molar-refractivity contribution is 7.99. The van der Waals surface area contributed by atoms with Crippen molar-refractivity contribution in [2.24, 2.45) is 17.6 Å². The Hall–Kier alpha value is -1.76. The summed E-state index contributed by atoms with van der Waals surface area (Å²) in [4.78, 5) is 24.1. The van der Waals surface area contributed by atoms with Gasteiger partial charge in [0.15, 0.2) is 6.10 Å². The third-order valence-corrected chi connectivity index (χ3v) is 5.98. The van der Waals surface area contributed by atoms with Gasteiger partial charge in [-0.2, -0.15) is 11.8 Å². The van der Waals surface area contributed by atoms with Gasteiger partial charge < -0.3 is 10.5 Å². The highest BCUT2D eigenvalue weighted by atomic mass is 32.2. The normalized spacial score (nSPS) is 32.8. The van der Waals surface area contributed by atoms with Gasteiger partial charge in [0.1, 0.15) is 5.82 Å². The van der Waals surface area contributed by atoms with Crippen LogP contribution in [0.3, 0.4) is 0 Å².